The van der Waals surface area contributed by atoms with Gasteiger partial charge in [-0.1, -0.05) is 13.8 Å². The Kier molecular flexibility index (Phi) is 4.54. The number of aliphatic hydroxyl groups excluding tert-OH is 1. The minimum Gasteiger partial charge on any atom is -0.394 e. The van der Waals surface area contributed by atoms with Gasteiger partial charge >= 0.3 is 0 Å². The summed E-state index contributed by atoms with van der Waals surface area (Å²) >= 11 is 0. The second kappa shape index (κ2) is 5.47. The van der Waals surface area contributed by atoms with Crippen molar-refractivity contribution in [3.05, 3.63) is 0 Å². The van der Waals surface area contributed by atoms with Crippen molar-refractivity contribution in [1.29, 1.82) is 0 Å². The lowest BCUT2D eigenvalue weighted by Gasteiger charge is -2.26. The zero-order valence-electron chi connectivity index (χ0n) is 9.65. The molecule has 0 aromatic rings. The van der Waals surface area contributed by atoms with Gasteiger partial charge in [0.2, 0.25) is 5.91 Å². The zero-order chi connectivity index (χ0) is 11.4. The summed E-state index contributed by atoms with van der Waals surface area (Å²) in [5, 5.41) is 9.11. The van der Waals surface area contributed by atoms with Crippen LogP contribution in [0.3, 0.4) is 0 Å². The topological polar surface area (TPSA) is 66.6 Å². The summed E-state index contributed by atoms with van der Waals surface area (Å²) < 4.78 is 0. The fourth-order valence-electron chi connectivity index (χ4n) is 2.14. The smallest absolute Gasteiger partial charge is 0.239 e. The fraction of sp³-hybridized carbons (Fsp3) is 0.909. The SMILES string of the molecule is CC(C)C[C@H](N)C(=O)N1CCC[C@H]1CO. The molecule has 1 amide bonds. The number of nitrogens with zero attached hydrogens (tertiary/aromatic N) is 1. The number of carbonyl (C=O) groups excluding carboxylic acids is 1. The number of hydrogen-bond donors (Lipinski definition) is 2. The molecule has 0 aromatic carbocycles. The van der Waals surface area contributed by atoms with Gasteiger partial charge in [0.05, 0.1) is 18.7 Å². The van der Waals surface area contributed by atoms with Gasteiger partial charge in [0, 0.05) is 6.54 Å². The maximum absolute atomic E-state index is 11.9. The van der Waals surface area contributed by atoms with Crippen LogP contribution < -0.4 is 5.73 Å². The molecule has 1 fully saturated rings. The van der Waals surface area contributed by atoms with Crippen LogP contribution in [0, 0.1) is 5.92 Å². The molecule has 2 atom stereocenters. The summed E-state index contributed by atoms with van der Waals surface area (Å²) in [5.41, 5.74) is 5.84. The van der Waals surface area contributed by atoms with Crippen LogP contribution in [0.25, 0.3) is 0 Å². The summed E-state index contributed by atoms with van der Waals surface area (Å²) in [5.74, 6) is 0.430. The molecule has 0 radical (unpaired) electrons. The molecule has 0 saturated carbocycles. The third kappa shape index (κ3) is 3.18. The van der Waals surface area contributed by atoms with E-state index in [2.05, 4.69) is 13.8 Å². The summed E-state index contributed by atoms with van der Waals surface area (Å²) in [6, 6.07) is -0.409. The summed E-state index contributed by atoms with van der Waals surface area (Å²) in [6.45, 7) is 4.91. The predicted octanol–water partition coefficient (Wildman–Crippen LogP) is 0.343. The lowest BCUT2D eigenvalue weighted by atomic mass is 10.0. The van der Waals surface area contributed by atoms with Crippen molar-refractivity contribution in [3.8, 4) is 0 Å². The van der Waals surface area contributed by atoms with Crippen molar-refractivity contribution in [2.75, 3.05) is 13.2 Å². The number of carbonyl (C=O) groups is 1. The van der Waals surface area contributed by atoms with E-state index in [0.717, 1.165) is 19.4 Å². The maximum Gasteiger partial charge on any atom is 0.239 e. The van der Waals surface area contributed by atoms with Crippen LogP contribution in [-0.4, -0.2) is 41.1 Å². The van der Waals surface area contributed by atoms with E-state index >= 15 is 0 Å². The van der Waals surface area contributed by atoms with Crippen LogP contribution in [0.15, 0.2) is 0 Å². The molecule has 0 spiro atoms. The van der Waals surface area contributed by atoms with E-state index < -0.39 is 6.04 Å². The number of hydrogen-bond acceptors (Lipinski definition) is 3. The quantitative estimate of drug-likeness (QED) is 0.709. The molecule has 1 aliphatic heterocycles. The van der Waals surface area contributed by atoms with E-state index in [0.29, 0.717) is 12.3 Å². The van der Waals surface area contributed by atoms with E-state index in [-0.39, 0.29) is 18.6 Å². The summed E-state index contributed by atoms with van der Waals surface area (Å²) in [6.07, 6.45) is 2.59. The third-order valence-corrected chi connectivity index (χ3v) is 2.91. The van der Waals surface area contributed by atoms with Crippen molar-refractivity contribution in [1.82, 2.24) is 4.90 Å². The molecule has 88 valence electrons. The molecule has 15 heavy (non-hydrogen) atoms. The maximum atomic E-state index is 11.9. The van der Waals surface area contributed by atoms with Crippen LogP contribution in [-0.2, 0) is 4.79 Å². The molecule has 1 aliphatic rings. The minimum atomic E-state index is -0.405. The number of nitrogens with two attached hydrogens (primary N) is 1. The van der Waals surface area contributed by atoms with Gasteiger partial charge in [0.1, 0.15) is 0 Å². The molecule has 1 rings (SSSR count). The first kappa shape index (κ1) is 12.5. The number of aliphatic hydroxyl groups is 1. The van der Waals surface area contributed by atoms with Gasteiger partial charge in [-0.25, -0.2) is 0 Å². The molecule has 4 heteroatoms. The Morgan fingerprint density at radius 3 is 2.80 bits per heavy atom. The highest BCUT2D eigenvalue weighted by molar-refractivity contribution is 5.82. The number of likely N-dealkylation sites (tertiary alicyclic amines) is 1. The zero-order valence-corrected chi connectivity index (χ0v) is 9.65. The van der Waals surface area contributed by atoms with E-state index in [1.165, 1.54) is 0 Å². The highest BCUT2D eigenvalue weighted by atomic mass is 16.3. The monoisotopic (exact) mass is 214 g/mol. The first-order valence-corrected chi connectivity index (χ1v) is 5.73. The first-order chi connectivity index (χ1) is 7.06. The van der Waals surface area contributed by atoms with Crippen LogP contribution in [0.1, 0.15) is 33.1 Å². The van der Waals surface area contributed by atoms with Crippen molar-refractivity contribution >= 4 is 5.91 Å². The van der Waals surface area contributed by atoms with Gasteiger partial charge in [-0.15, -0.1) is 0 Å². The van der Waals surface area contributed by atoms with E-state index in [9.17, 15) is 4.79 Å². The van der Waals surface area contributed by atoms with Gasteiger partial charge in [0.15, 0.2) is 0 Å². The summed E-state index contributed by atoms with van der Waals surface area (Å²) in [7, 11) is 0. The Morgan fingerprint density at radius 1 is 1.60 bits per heavy atom. The Balaban J connectivity index is 2.51. The molecular formula is C11H22N2O2. The lowest BCUT2D eigenvalue weighted by molar-refractivity contribution is -0.134. The molecular weight excluding hydrogens is 192 g/mol. The van der Waals surface area contributed by atoms with Gasteiger partial charge in [-0.3, -0.25) is 4.79 Å². The third-order valence-electron chi connectivity index (χ3n) is 2.91. The van der Waals surface area contributed by atoms with E-state index in [1.54, 1.807) is 4.90 Å². The highest BCUT2D eigenvalue weighted by Gasteiger charge is 2.31. The molecule has 0 aromatic heterocycles. The predicted molar refractivity (Wildman–Crippen MR) is 59.3 cm³/mol. The Hall–Kier alpha value is -0.610. The largest absolute Gasteiger partial charge is 0.394 e. The Morgan fingerprint density at radius 2 is 2.27 bits per heavy atom. The second-order valence-corrected chi connectivity index (χ2v) is 4.75. The molecule has 1 heterocycles. The molecule has 0 aliphatic carbocycles. The average molecular weight is 214 g/mol. The standard InChI is InChI=1S/C11H22N2O2/c1-8(2)6-10(12)11(15)13-5-3-4-9(13)7-14/h8-10,14H,3-7,12H2,1-2H3/t9-,10-/m0/s1. The van der Waals surface area contributed by atoms with Crippen molar-refractivity contribution < 1.29 is 9.90 Å². The Labute approximate surface area is 91.4 Å². The van der Waals surface area contributed by atoms with Crippen LogP contribution in [0.2, 0.25) is 0 Å². The first-order valence-electron chi connectivity index (χ1n) is 5.73. The molecule has 1 saturated heterocycles. The second-order valence-electron chi connectivity index (χ2n) is 4.75. The normalized spacial score (nSPS) is 23.5. The van der Waals surface area contributed by atoms with Gasteiger partial charge < -0.3 is 15.7 Å². The fourth-order valence-corrected chi connectivity index (χ4v) is 2.14. The number of amides is 1. The molecule has 0 unspecified atom stereocenters. The Bertz CT molecular complexity index is 219. The van der Waals surface area contributed by atoms with E-state index in [4.69, 9.17) is 10.8 Å². The summed E-state index contributed by atoms with van der Waals surface area (Å²) in [4.78, 5) is 13.7. The van der Waals surface area contributed by atoms with Crippen LogP contribution in [0.4, 0.5) is 0 Å². The average Bonchev–Trinajstić information content (AvgIpc) is 2.62. The molecule has 0 bridgehead atoms. The highest BCUT2D eigenvalue weighted by Crippen LogP contribution is 2.18. The van der Waals surface area contributed by atoms with Crippen LogP contribution >= 0.6 is 0 Å². The lowest BCUT2D eigenvalue weighted by Crippen LogP contribution is -2.47. The van der Waals surface area contributed by atoms with E-state index in [1.807, 2.05) is 0 Å². The van der Waals surface area contributed by atoms with Crippen molar-refractivity contribution in [3.63, 3.8) is 0 Å². The molecule has 3 N–H and O–H groups in total. The molecule has 4 nitrogen and oxygen atoms in total. The van der Waals surface area contributed by atoms with Crippen molar-refractivity contribution in [2.45, 2.75) is 45.2 Å². The van der Waals surface area contributed by atoms with Gasteiger partial charge in [-0.2, -0.15) is 0 Å². The van der Waals surface area contributed by atoms with Crippen LogP contribution in [0.5, 0.6) is 0 Å². The minimum absolute atomic E-state index is 0.000231. The van der Waals surface area contributed by atoms with Crippen molar-refractivity contribution in [2.24, 2.45) is 11.7 Å². The number of rotatable bonds is 4. The van der Waals surface area contributed by atoms with Gasteiger partial charge in [-0.05, 0) is 25.2 Å². The van der Waals surface area contributed by atoms with Gasteiger partial charge in [0.25, 0.3) is 0 Å².